The summed E-state index contributed by atoms with van der Waals surface area (Å²) in [6, 6.07) is 7.83. The number of methoxy groups -OCH3 is 1. The van der Waals surface area contributed by atoms with Crippen molar-refractivity contribution in [3.05, 3.63) is 30.5 Å². The quantitative estimate of drug-likeness (QED) is 0.799. The third-order valence-corrected chi connectivity index (χ3v) is 3.65. The Morgan fingerprint density at radius 3 is 2.90 bits per heavy atom. The molecule has 0 bridgehead atoms. The van der Waals surface area contributed by atoms with Crippen molar-refractivity contribution in [2.24, 2.45) is 5.92 Å². The fourth-order valence-electron chi connectivity index (χ4n) is 2.35. The summed E-state index contributed by atoms with van der Waals surface area (Å²) in [5.41, 5.74) is 0. The average molecular weight is 285 g/mol. The second-order valence-corrected chi connectivity index (χ2v) is 5.21. The van der Waals surface area contributed by atoms with Crippen LogP contribution in [0.15, 0.2) is 30.5 Å². The Hall–Kier alpha value is -2.30. The zero-order chi connectivity index (χ0) is 14.7. The molecule has 5 nitrogen and oxygen atoms in total. The minimum Gasteiger partial charge on any atom is -0.496 e. The lowest BCUT2D eigenvalue weighted by Crippen LogP contribution is -2.29. The third kappa shape index (κ3) is 3.07. The molecule has 0 aliphatic heterocycles. The van der Waals surface area contributed by atoms with Gasteiger partial charge in [0, 0.05) is 36.0 Å². The standard InChI is InChI=1S/C16H19N3O2/c1-21-14-4-2-3-13-12(14)7-8-17-15(13)18-9-10-19-16(20)11-5-6-11/h2-4,7-8,11H,5-6,9-10H2,1H3,(H,17,18)(H,19,20). The van der Waals surface area contributed by atoms with Crippen LogP contribution in [0.2, 0.25) is 0 Å². The second-order valence-electron chi connectivity index (χ2n) is 5.21. The molecule has 1 aromatic carbocycles. The number of carbonyl (C=O) groups is 1. The van der Waals surface area contributed by atoms with Crippen LogP contribution in [0.1, 0.15) is 12.8 Å². The van der Waals surface area contributed by atoms with Crippen LogP contribution in [-0.2, 0) is 4.79 Å². The number of pyridine rings is 1. The fourth-order valence-corrected chi connectivity index (χ4v) is 2.35. The number of ether oxygens (including phenoxy) is 1. The molecule has 1 heterocycles. The molecule has 110 valence electrons. The first-order valence-electron chi connectivity index (χ1n) is 7.23. The highest BCUT2D eigenvalue weighted by Crippen LogP contribution is 2.29. The molecule has 1 aliphatic rings. The average Bonchev–Trinajstić information content (AvgIpc) is 3.35. The van der Waals surface area contributed by atoms with E-state index in [9.17, 15) is 4.79 Å². The lowest BCUT2D eigenvalue weighted by molar-refractivity contribution is -0.122. The van der Waals surface area contributed by atoms with Gasteiger partial charge in [-0.25, -0.2) is 4.98 Å². The number of fused-ring (bicyclic) bond motifs is 1. The van der Waals surface area contributed by atoms with Gasteiger partial charge in [-0.2, -0.15) is 0 Å². The van der Waals surface area contributed by atoms with Crippen LogP contribution < -0.4 is 15.4 Å². The van der Waals surface area contributed by atoms with E-state index >= 15 is 0 Å². The van der Waals surface area contributed by atoms with Crippen LogP contribution in [0, 0.1) is 5.92 Å². The van der Waals surface area contributed by atoms with E-state index in [0.29, 0.717) is 13.1 Å². The van der Waals surface area contributed by atoms with Crippen LogP contribution in [-0.4, -0.2) is 31.1 Å². The van der Waals surface area contributed by atoms with Crippen molar-refractivity contribution >= 4 is 22.5 Å². The maximum atomic E-state index is 11.5. The molecule has 0 spiro atoms. The smallest absolute Gasteiger partial charge is 0.223 e. The van der Waals surface area contributed by atoms with Crippen molar-refractivity contribution in [3.63, 3.8) is 0 Å². The minimum absolute atomic E-state index is 0.171. The molecule has 1 amide bonds. The second kappa shape index (κ2) is 5.99. The molecule has 1 saturated carbocycles. The van der Waals surface area contributed by atoms with Crippen LogP contribution in [0.5, 0.6) is 5.75 Å². The fraction of sp³-hybridized carbons (Fsp3) is 0.375. The highest BCUT2D eigenvalue weighted by molar-refractivity contribution is 5.95. The summed E-state index contributed by atoms with van der Waals surface area (Å²) in [5.74, 6) is 2.07. The Bertz CT molecular complexity index is 653. The van der Waals surface area contributed by atoms with Gasteiger partial charge in [-0.3, -0.25) is 4.79 Å². The van der Waals surface area contributed by atoms with Gasteiger partial charge in [0.15, 0.2) is 0 Å². The normalized spacial score (nSPS) is 14.0. The molecule has 0 radical (unpaired) electrons. The minimum atomic E-state index is 0.171. The van der Waals surface area contributed by atoms with Gasteiger partial charge >= 0.3 is 0 Å². The Kier molecular flexibility index (Phi) is 3.90. The molecule has 0 unspecified atom stereocenters. The van der Waals surface area contributed by atoms with E-state index in [0.717, 1.165) is 35.2 Å². The van der Waals surface area contributed by atoms with Gasteiger partial charge in [-0.15, -0.1) is 0 Å². The molecule has 1 aliphatic carbocycles. The number of nitrogens with zero attached hydrogens (tertiary/aromatic N) is 1. The monoisotopic (exact) mass is 285 g/mol. The van der Waals surface area contributed by atoms with Crippen molar-refractivity contribution in [2.45, 2.75) is 12.8 Å². The number of anilines is 1. The van der Waals surface area contributed by atoms with E-state index in [4.69, 9.17) is 4.74 Å². The third-order valence-electron chi connectivity index (χ3n) is 3.65. The number of rotatable bonds is 6. The van der Waals surface area contributed by atoms with Gasteiger partial charge < -0.3 is 15.4 Å². The molecule has 2 aromatic rings. The van der Waals surface area contributed by atoms with E-state index in [1.807, 2.05) is 24.3 Å². The molecule has 21 heavy (non-hydrogen) atoms. The molecular weight excluding hydrogens is 266 g/mol. The van der Waals surface area contributed by atoms with E-state index in [-0.39, 0.29) is 11.8 Å². The number of nitrogens with one attached hydrogen (secondary N) is 2. The summed E-state index contributed by atoms with van der Waals surface area (Å²) in [5, 5.41) is 8.25. The largest absolute Gasteiger partial charge is 0.496 e. The number of carbonyl (C=O) groups excluding carboxylic acids is 1. The maximum absolute atomic E-state index is 11.5. The summed E-state index contributed by atoms with van der Waals surface area (Å²) in [6.45, 7) is 1.26. The molecule has 1 aromatic heterocycles. The molecular formula is C16H19N3O2. The highest BCUT2D eigenvalue weighted by atomic mass is 16.5. The van der Waals surface area contributed by atoms with Crippen molar-refractivity contribution in [3.8, 4) is 5.75 Å². The van der Waals surface area contributed by atoms with Gasteiger partial charge in [0.1, 0.15) is 11.6 Å². The molecule has 1 fully saturated rings. The van der Waals surface area contributed by atoms with E-state index in [2.05, 4.69) is 15.6 Å². The Morgan fingerprint density at radius 2 is 2.14 bits per heavy atom. The van der Waals surface area contributed by atoms with Gasteiger partial charge in [0.25, 0.3) is 0 Å². The highest BCUT2D eigenvalue weighted by Gasteiger charge is 2.28. The van der Waals surface area contributed by atoms with Crippen LogP contribution in [0.4, 0.5) is 5.82 Å². The summed E-state index contributed by atoms with van der Waals surface area (Å²) >= 11 is 0. The zero-order valence-electron chi connectivity index (χ0n) is 12.1. The summed E-state index contributed by atoms with van der Waals surface area (Å²) < 4.78 is 5.36. The number of aromatic nitrogens is 1. The Balaban J connectivity index is 1.65. The van der Waals surface area contributed by atoms with Crippen LogP contribution >= 0.6 is 0 Å². The van der Waals surface area contributed by atoms with Gasteiger partial charge in [-0.1, -0.05) is 12.1 Å². The molecule has 0 atom stereocenters. The van der Waals surface area contributed by atoms with Crippen LogP contribution in [0.3, 0.4) is 0 Å². The van der Waals surface area contributed by atoms with Crippen molar-refractivity contribution < 1.29 is 9.53 Å². The van der Waals surface area contributed by atoms with Gasteiger partial charge in [-0.05, 0) is 25.0 Å². The number of hydrogen-bond donors (Lipinski definition) is 2. The maximum Gasteiger partial charge on any atom is 0.223 e. The predicted octanol–water partition coefficient (Wildman–Crippen LogP) is 2.18. The first-order valence-corrected chi connectivity index (χ1v) is 7.23. The van der Waals surface area contributed by atoms with E-state index < -0.39 is 0 Å². The summed E-state index contributed by atoms with van der Waals surface area (Å²) in [4.78, 5) is 15.9. The van der Waals surface area contributed by atoms with Crippen molar-refractivity contribution in [2.75, 3.05) is 25.5 Å². The number of amides is 1. The molecule has 2 N–H and O–H groups in total. The first kappa shape index (κ1) is 13.7. The van der Waals surface area contributed by atoms with Crippen LogP contribution in [0.25, 0.3) is 10.8 Å². The lowest BCUT2D eigenvalue weighted by atomic mass is 10.1. The van der Waals surface area contributed by atoms with Gasteiger partial charge in [0.2, 0.25) is 5.91 Å². The van der Waals surface area contributed by atoms with Crippen molar-refractivity contribution in [1.29, 1.82) is 0 Å². The Labute approximate surface area is 123 Å². The van der Waals surface area contributed by atoms with Crippen molar-refractivity contribution in [1.82, 2.24) is 10.3 Å². The SMILES string of the molecule is COc1cccc2c(NCCNC(=O)C3CC3)nccc12. The Morgan fingerprint density at radius 1 is 1.29 bits per heavy atom. The lowest BCUT2D eigenvalue weighted by Gasteiger charge is -2.11. The topological polar surface area (TPSA) is 63.2 Å². The van der Waals surface area contributed by atoms with E-state index in [1.165, 1.54) is 0 Å². The summed E-state index contributed by atoms with van der Waals surface area (Å²) in [7, 11) is 1.66. The predicted molar refractivity (Wildman–Crippen MR) is 82.5 cm³/mol. The zero-order valence-corrected chi connectivity index (χ0v) is 12.1. The van der Waals surface area contributed by atoms with E-state index in [1.54, 1.807) is 13.3 Å². The molecule has 3 rings (SSSR count). The molecule has 5 heteroatoms. The number of hydrogen-bond acceptors (Lipinski definition) is 4. The first-order chi connectivity index (χ1) is 10.3. The summed E-state index contributed by atoms with van der Waals surface area (Å²) in [6.07, 6.45) is 3.82. The van der Waals surface area contributed by atoms with Gasteiger partial charge in [0.05, 0.1) is 7.11 Å². The number of benzene rings is 1. The molecule has 0 saturated heterocycles.